The summed E-state index contributed by atoms with van der Waals surface area (Å²) in [7, 11) is 0. The van der Waals surface area contributed by atoms with Crippen molar-refractivity contribution >= 4 is 0 Å². The molecule has 4 saturated carbocycles. The summed E-state index contributed by atoms with van der Waals surface area (Å²) in [5.74, 6) is 4.90. The van der Waals surface area contributed by atoms with E-state index in [1.54, 1.807) is 0 Å². The molecule has 1 heteroatoms. The standard InChI is InChI=1S/C20H34O/c1-3-20(21)12-9-15-14(13-20)6-7-17-16(15)8-11-19(2)10-4-5-18(17)19/h14-18,21H,3-13H2,1-2H3/t14-,15-,16+,17+,18-,19-,20+/m0/s1. The lowest BCUT2D eigenvalue weighted by molar-refractivity contribution is -0.101. The van der Waals surface area contributed by atoms with E-state index in [0.29, 0.717) is 5.41 Å². The van der Waals surface area contributed by atoms with Crippen LogP contribution in [0.1, 0.15) is 84.5 Å². The summed E-state index contributed by atoms with van der Waals surface area (Å²) < 4.78 is 0. The molecule has 1 N–H and O–H groups in total. The van der Waals surface area contributed by atoms with Crippen molar-refractivity contribution in [2.45, 2.75) is 90.1 Å². The predicted molar refractivity (Wildman–Crippen MR) is 87.0 cm³/mol. The molecule has 4 aliphatic carbocycles. The molecule has 4 fully saturated rings. The van der Waals surface area contributed by atoms with Crippen molar-refractivity contribution in [3.63, 3.8) is 0 Å². The third-order valence-corrected chi connectivity index (χ3v) is 8.54. The second-order valence-electron chi connectivity index (χ2n) is 9.34. The molecule has 0 saturated heterocycles. The number of aliphatic hydroxyl groups is 1. The third-order valence-electron chi connectivity index (χ3n) is 8.54. The molecule has 0 unspecified atom stereocenters. The van der Waals surface area contributed by atoms with Crippen LogP contribution in [0.15, 0.2) is 0 Å². The molecule has 4 aliphatic rings. The summed E-state index contributed by atoms with van der Waals surface area (Å²) in [6, 6.07) is 0. The Morgan fingerprint density at radius 1 is 0.905 bits per heavy atom. The molecule has 0 aromatic carbocycles. The van der Waals surface area contributed by atoms with Crippen LogP contribution in [-0.2, 0) is 0 Å². The lowest BCUT2D eigenvalue weighted by Crippen LogP contribution is -2.50. The van der Waals surface area contributed by atoms with Gasteiger partial charge in [0, 0.05) is 0 Å². The molecule has 0 aromatic rings. The van der Waals surface area contributed by atoms with Crippen molar-refractivity contribution in [2.24, 2.45) is 35.0 Å². The van der Waals surface area contributed by atoms with Crippen LogP contribution in [-0.4, -0.2) is 10.7 Å². The molecule has 1 nitrogen and oxygen atoms in total. The van der Waals surface area contributed by atoms with Gasteiger partial charge in [0.05, 0.1) is 5.60 Å². The van der Waals surface area contributed by atoms with E-state index >= 15 is 0 Å². The van der Waals surface area contributed by atoms with Gasteiger partial charge >= 0.3 is 0 Å². The lowest BCUT2D eigenvalue weighted by Gasteiger charge is -2.56. The normalized spacial score (nSPS) is 56.4. The van der Waals surface area contributed by atoms with Gasteiger partial charge < -0.3 is 5.11 Å². The lowest BCUT2D eigenvalue weighted by atomic mass is 9.50. The molecule has 7 atom stereocenters. The summed E-state index contributed by atoms with van der Waals surface area (Å²) >= 11 is 0. The number of hydrogen-bond acceptors (Lipinski definition) is 1. The minimum Gasteiger partial charge on any atom is -0.390 e. The fraction of sp³-hybridized carbons (Fsp3) is 1.00. The monoisotopic (exact) mass is 290 g/mol. The van der Waals surface area contributed by atoms with Gasteiger partial charge in [-0.15, -0.1) is 0 Å². The molecule has 0 aromatic heterocycles. The van der Waals surface area contributed by atoms with E-state index in [2.05, 4.69) is 13.8 Å². The van der Waals surface area contributed by atoms with Gasteiger partial charge in [0.1, 0.15) is 0 Å². The SMILES string of the molecule is CC[C@@]1(O)CC[C@H]2[C@@H](CC[C@@H]3[C@@H]2CC[C@]2(C)CCC[C@@H]32)C1. The maximum absolute atomic E-state index is 10.7. The van der Waals surface area contributed by atoms with E-state index < -0.39 is 0 Å². The highest BCUT2D eigenvalue weighted by atomic mass is 16.3. The van der Waals surface area contributed by atoms with Gasteiger partial charge in [-0.1, -0.05) is 20.3 Å². The Hall–Kier alpha value is -0.0400. The quantitative estimate of drug-likeness (QED) is 0.706. The first-order valence-electron chi connectivity index (χ1n) is 9.77. The highest BCUT2D eigenvalue weighted by Gasteiger charge is 2.54. The van der Waals surface area contributed by atoms with Gasteiger partial charge in [-0.25, -0.2) is 0 Å². The van der Waals surface area contributed by atoms with Crippen LogP contribution < -0.4 is 0 Å². The molecule has 21 heavy (non-hydrogen) atoms. The summed E-state index contributed by atoms with van der Waals surface area (Å²) in [5.41, 5.74) is 0.386. The van der Waals surface area contributed by atoms with Crippen LogP contribution in [0.4, 0.5) is 0 Å². The van der Waals surface area contributed by atoms with Crippen molar-refractivity contribution < 1.29 is 5.11 Å². The molecule has 120 valence electrons. The second kappa shape index (κ2) is 4.98. The summed E-state index contributed by atoms with van der Waals surface area (Å²) in [6.07, 6.45) is 14.9. The van der Waals surface area contributed by atoms with Gasteiger partial charge in [-0.05, 0) is 99.2 Å². The smallest absolute Gasteiger partial charge is 0.0648 e. The van der Waals surface area contributed by atoms with Crippen molar-refractivity contribution in [3.8, 4) is 0 Å². The topological polar surface area (TPSA) is 20.2 Å². The molecule has 0 radical (unpaired) electrons. The first kappa shape index (κ1) is 14.5. The van der Waals surface area contributed by atoms with Crippen LogP contribution in [0, 0.1) is 35.0 Å². The molecule has 0 bridgehead atoms. The second-order valence-corrected chi connectivity index (χ2v) is 9.34. The van der Waals surface area contributed by atoms with E-state index in [1.807, 2.05) is 0 Å². The third kappa shape index (κ3) is 2.21. The Morgan fingerprint density at radius 3 is 2.52 bits per heavy atom. The fourth-order valence-corrected chi connectivity index (χ4v) is 7.28. The zero-order chi connectivity index (χ0) is 14.7. The molecular weight excluding hydrogens is 256 g/mol. The van der Waals surface area contributed by atoms with E-state index in [0.717, 1.165) is 48.9 Å². The fourth-order valence-electron chi connectivity index (χ4n) is 7.28. The van der Waals surface area contributed by atoms with E-state index in [1.165, 1.54) is 51.4 Å². The minimum atomic E-state index is -0.315. The van der Waals surface area contributed by atoms with Crippen molar-refractivity contribution in [1.29, 1.82) is 0 Å². The van der Waals surface area contributed by atoms with Crippen molar-refractivity contribution in [2.75, 3.05) is 0 Å². The first-order valence-corrected chi connectivity index (χ1v) is 9.77. The zero-order valence-corrected chi connectivity index (χ0v) is 14.1. The highest BCUT2D eigenvalue weighted by Crippen LogP contribution is 2.62. The van der Waals surface area contributed by atoms with E-state index in [9.17, 15) is 5.11 Å². The van der Waals surface area contributed by atoms with Gasteiger partial charge in [-0.3, -0.25) is 0 Å². The largest absolute Gasteiger partial charge is 0.390 e. The van der Waals surface area contributed by atoms with Crippen molar-refractivity contribution in [1.82, 2.24) is 0 Å². The highest BCUT2D eigenvalue weighted by molar-refractivity contribution is 5.04. The van der Waals surface area contributed by atoms with Crippen LogP contribution >= 0.6 is 0 Å². The minimum absolute atomic E-state index is 0.315. The van der Waals surface area contributed by atoms with Gasteiger partial charge in [0.15, 0.2) is 0 Å². The Labute approximate surface area is 130 Å². The Balaban J connectivity index is 1.53. The van der Waals surface area contributed by atoms with Gasteiger partial charge in [0.25, 0.3) is 0 Å². The van der Waals surface area contributed by atoms with Gasteiger partial charge in [-0.2, -0.15) is 0 Å². The zero-order valence-electron chi connectivity index (χ0n) is 14.1. The predicted octanol–water partition coefficient (Wildman–Crippen LogP) is 5.17. The Morgan fingerprint density at radius 2 is 1.71 bits per heavy atom. The van der Waals surface area contributed by atoms with Gasteiger partial charge in [0.2, 0.25) is 0 Å². The number of fused-ring (bicyclic) bond motifs is 5. The number of rotatable bonds is 1. The molecule has 4 rings (SSSR count). The maximum atomic E-state index is 10.7. The van der Waals surface area contributed by atoms with Crippen LogP contribution in [0.2, 0.25) is 0 Å². The Bertz CT molecular complexity index is 405. The summed E-state index contributed by atoms with van der Waals surface area (Å²) in [5, 5.41) is 10.7. The van der Waals surface area contributed by atoms with Crippen LogP contribution in [0.5, 0.6) is 0 Å². The molecular formula is C20H34O. The van der Waals surface area contributed by atoms with Crippen LogP contribution in [0.3, 0.4) is 0 Å². The summed E-state index contributed by atoms with van der Waals surface area (Å²) in [6.45, 7) is 4.78. The average Bonchev–Trinajstić information content (AvgIpc) is 2.88. The molecule has 0 amide bonds. The maximum Gasteiger partial charge on any atom is 0.0648 e. The van der Waals surface area contributed by atoms with Crippen molar-refractivity contribution in [3.05, 3.63) is 0 Å². The van der Waals surface area contributed by atoms with E-state index in [4.69, 9.17) is 0 Å². The average molecular weight is 290 g/mol. The molecule has 0 aliphatic heterocycles. The van der Waals surface area contributed by atoms with E-state index in [-0.39, 0.29) is 5.60 Å². The Kier molecular flexibility index (Phi) is 3.45. The molecule has 0 heterocycles. The first-order chi connectivity index (χ1) is 10.0. The molecule has 0 spiro atoms. The van der Waals surface area contributed by atoms with Crippen LogP contribution in [0.25, 0.3) is 0 Å². The number of hydrogen-bond donors (Lipinski definition) is 1. The summed E-state index contributed by atoms with van der Waals surface area (Å²) in [4.78, 5) is 0.